The molecular formula is C17H24N4O2S. The number of thiophene rings is 1. The number of hydrogen-bond donors (Lipinski definition) is 0. The van der Waals surface area contributed by atoms with E-state index in [1.165, 1.54) is 11.3 Å². The fourth-order valence-electron chi connectivity index (χ4n) is 3.15. The topological polar surface area (TPSA) is 62.5 Å². The van der Waals surface area contributed by atoms with Gasteiger partial charge in [0.05, 0.1) is 4.88 Å². The van der Waals surface area contributed by atoms with E-state index >= 15 is 0 Å². The molecule has 1 amide bonds. The first-order chi connectivity index (χ1) is 11.5. The van der Waals surface area contributed by atoms with Gasteiger partial charge in [0.15, 0.2) is 5.82 Å². The van der Waals surface area contributed by atoms with Crippen LogP contribution in [0.4, 0.5) is 0 Å². The summed E-state index contributed by atoms with van der Waals surface area (Å²) in [6, 6.07) is 3.76. The molecule has 3 heterocycles. The van der Waals surface area contributed by atoms with Gasteiger partial charge in [-0.15, -0.1) is 11.3 Å². The number of aromatic nitrogens is 2. The Bertz CT molecular complexity index is 668. The Balaban J connectivity index is 1.84. The van der Waals surface area contributed by atoms with Gasteiger partial charge in [0.25, 0.3) is 5.91 Å². The zero-order chi connectivity index (χ0) is 17.1. The number of nitrogens with zero attached hydrogens (tertiary/aromatic N) is 4. The fourth-order valence-corrected chi connectivity index (χ4v) is 3.84. The van der Waals surface area contributed by atoms with Crippen LogP contribution in [0.3, 0.4) is 0 Å². The van der Waals surface area contributed by atoms with E-state index < -0.39 is 0 Å². The minimum atomic E-state index is -0.0417. The van der Waals surface area contributed by atoms with Gasteiger partial charge in [-0.2, -0.15) is 4.98 Å². The Hall–Kier alpha value is -1.73. The monoisotopic (exact) mass is 348 g/mol. The van der Waals surface area contributed by atoms with Crippen molar-refractivity contribution in [1.29, 1.82) is 0 Å². The van der Waals surface area contributed by atoms with Gasteiger partial charge >= 0.3 is 0 Å². The SMILES string of the molecule is Cc1noc(C2CN(C(=O)c3cccs3)CCCN2CC(C)C)n1. The third-order valence-corrected chi connectivity index (χ3v) is 5.01. The number of aryl methyl sites for hydroxylation is 1. The molecule has 0 spiro atoms. The molecule has 7 heteroatoms. The van der Waals surface area contributed by atoms with E-state index in [2.05, 4.69) is 28.9 Å². The van der Waals surface area contributed by atoms with Gasteiger partial charge in [-0.25, -0.2) is 0 Å². The van der Waals surface area contributed by atoms with Gasteiger partial charge < -0.3 is 9.42 Å². The summed E-state index contributed by atoms with van der Waals surface area (Å²) in [6.45, 7) is 9.46. The minimum Gasteiger partial charge on any atom is -0.338 e. The van der Waals surface area contributed by atoms with Gasteiger partial charge in [-0.05, 0) is 30.7 Å². The molecule has 130 valence electrons. The van der Waals surface area contributed by atoms with Gasteiger partial charge in [0.1, 0.15) is 6.04 Å². The molecule has 0 aromatic carbocycles. The third kappa shape index (κ3) is 3.84. The van der Waals surface area contributed by atoms with Crippen molar-refractivity contribution in [3.8, 4) is 0 Å². The maximum atomic E-state index is 12.8. The normalized spacial score (nSPS) is 19.7. The molecule has 0 aliphatic carbocycles. The fraction of sp³-hybridized carbons (Fsp3) is 0.588. The molecule has 1 saturated heterocycles. The van der Waals surface area contributed by atoms with Crippen LogP contribution in [0.1, 0.15) is 47.7 Å². The zero-order valence-corrected chi connectivity index (χ0v) is 15.3. The largest absolute Gasteiger partial charge is 0.338 e. The van der Waals surface area contributed by atoms with Crippen molar-refractivity contribution >= 4 is 17.2 Å². The quantitative estimate of drug-likeness (QED) is 0.850. The molecule has 1 fully saturated rings. The summed E-state index contributed by atoms with van der Waals surface area (Å²) >= 11 is 1.49. The Morgan fingerprint density at radius 3 is 2.92 bits per heavy atom. The lowest BCUT2D eigenvalue weighted by molar-refractivity contribution is 0.0713. The van der Waals surface area contributed by atoms with E-state index in [0.29, 0.717) is 24.2 Å². The second-order valence-electron chi connectivity index (χ2n) is 6.67. The van der Waals surface area contributed by atoms with E-state index in [4.69, 9.17) is 4.52 Å². The number of carbonyl (C=O) groups is 1. The Morgan fingerprint density at radius 1 is 1.46 bits per heavy atom. The van der Waals surface area contributed by atoms with Crippen molar-refractivity contribution in [1.82, 2.24) is 19.9 Å². The average Bonchev–Trinajstić information content (AvgIpc) is 3.16. The first-order valence-electron chi connectivity index (χ1n) is 8.41. The third-order valence-electron chi connectivity index (χ3n) is 4.15. The predicted octanol–water partition coefficient (Wildman–Crippen LogP) is 2.98. The van der Waals surface area contributed by atoms with Crippen LogP contribution < -0.4 is 0 Å². The van der Waals surface area contributed by atoms with Crippen LogP contribution >= 0.6 is 11.3 Å². The van der Waals surface area contributed by atoms with E-state index in [1.807, 2.05) is 29.3 Å². The van der Waals surface area contributed by atoms with Crippen LogP contribution in [-0.2, 0) is 0 Å². The molecule has 1 atom stereocenters. The molecule has 1 aliphatic heterocycles. The van der Waals surface area contributed by atoms with Crippen LogP contribution in [-0.4, -0.2) is 52.0 Å². The van der Waals surface area contributed by atoms with E-state index in [9.17, 15) is 4.79 Å². The highest BCUT2D eigenvalue weighted by Crippen LogP contribution is 2.26. The van der Waals surface area contributed by atoms with Crippen LogP contribution in [0.2, 0.25) is 0 Å². The Morgan fingerprint density at radius 2 is 2.29 bits per heavy atom. The van der Waals surface area contributed by atoms with Crippen molar-refractivity contribution in [2.24, 2.45) is 5.92 Å². The van der Waals surface area contributed by atoms with Crippen LogP contribution in [0.15, 0.2) is 22.0 Å². The number of amides is 1. The second-order valence-corrected chi connectivity index (χ2v) is 7.61. The van der Waals surface area contributed by atoms with Crippen molar-refractivity contribution in [3.05, 3.63) is 34.1 Å². The van der Waals surface area contributed by atoms with Gasteiger partial charge in [-0.3, -0.25) is 9.69 Å². The van der Waals surface area contributed by atoms with Crippen LogP contribution in [0.25, 0.3) is 0 Å². The molecule has 0 N–H and O–H groups in total. The number of rotatable bonds is 4. The Kier molecular flexibility index (Phi) is 5.30. The lowest BCUT2D eigenvalue weighted by Crippen LogP contribution is -2.38. The van der Waals surface area contributed by atoms with Gasteiger partial charge in [-0.1, -0.05) is 25.1 Å². The zero-order valence-electron chi connectivity index (χ0n) is 14.4. The molecule has 0 bridgehead atoms. The maximum Gasteiger partial charge on any atom is 0.263 e. The summed E-state index contributed by atoms with van der Waals surface area (Å²) in [5.41, 5.74) is 0. The highest BCUT2D eigenvalue weighted by atomic mass is 32.1. The highest BCUT2D eigenvalue weighted by Gasteiger charge is 2.33. The Labute approximate surface area is 146 Å². The lowest BCUT2D eigenvalue weighted by Gasteiger charge is -2.30. The molecular weight excluding hydrogens is 324 g/mol. The molecule has 3 rings (SSSR count). The summed E-state index contributed by atoms with van der Waals surface area (Å²) < 4.78 is 5.45. The average molecular weight is 348 g/mol. The molecule has 6 nitrogen and oxygen atoms in total. The van der Waals surface area contributed by atoms with Crippen LogP contribution in [0.5, 0.6) is 0 Å². The molecule has 24 heavy (non-hydrogen) atoms. The number of hydrogen-bond acceptors (Lipinski definition) is 6. The van der Waals surface area contributed by atoms with Crippen molar-refractivity contribution in [3.63, 3.8) is 0 Å². The molecule has 1 aliphatic rings. The first-order valence-corrected chi connectivity index (χ1v) is 9.29. The minimum absolute atomic E-state index is 0.0417. The second kappa shape index (κ2) is 7.44. The summed E-state index contributed by atoms with van der Waals surface area (Å²) in [4.78, 5) is 22.3. The smallest absolute Gasteiger partial charge is 0.263 e. The van der Waals surface area contributed by atoms with Crippen LogP contribution in [0, 0.1) is 12.8 Å². The summed E-state index contributed by atoms with van der Waals surface area (Å²) in [6.07, 6.45) is 0.952. The highest BCUT2D eigenvalue weighted by molar-refractivity contribution is 7.12. The van der Waals surface area contributed by atoms with Crippen molar-refractivity contribution in [2.75, 3.05) is 26.2 Å². The van der Waals surface area contributed by atoms with Crippen molar-refractivity contribution < 1.29 is 9.32 Å². The summed E-state index contributed by atoms with van der Waals surface area (Å²) in [7, 11) is 0. The molecule has 2 aromatic heterocycles. The molecule has 0 radical (unpaired) electrons. The molecule has 0 saturated carbocycles. The lowest BCUT2D eigenvalue weighted by atomic mass is 10.1. The summed E-state index contributed by atoms with van der Waals surface area (Å²) in [5.74, 6) is 1.88. The maximum absolute atomic E-state index is 12.8. The van der Waals surface area contributed by atoms with E-state index in [0.717, 1.165) is 30.9 Å². The van der Waals surface area contributed by atoms with E-state index in [1.54, 1.807) is 0 Å². The van der Waals surface area contributed by atoms with E-state index in [-0.39, 0.29) is 11.9 Å². The van der Waals surface area contributed by atoms with Gasteiger partial charge in [0, 0.05) is 26.2 Å². The van der Waals surface area contributed by atoms with Crippen molar-refractivity contribution in [2.45, 2.75) is 33.2 Å². The van der Waals surface area contributed by atoms with Gasteiger partial charge in [0.2, 0.25) is 5.89 Å². The predicted molar refractivity (Wildman–Crippen MR) is 93.0 cm³/mol. The number of carbonyl (C=O) groups excluding carboxylic acids is 1. The standard InChI is InChI=1S/C17H24N4O2S/c1-12(2)10-20-7-5-8-21(17(22)15-6-4-9-24-15)11-14(20)16-18-13(3)19-23-16/h4,6,9,12,14H,5,7-8,10-11H2,1-3H3. The molecule has 1 unspecified atom stereocenters. The molecule has 2 aromatic rings. The first kappa shape index (κ1) is 17.1. The summed E-state index contributed by atoms with van der Waals surface area (Å²) in [5, 5.41) is 5.88.